The molecule has 1 aliphatic rings. The van der Waals surface area contributed by atoms with Gasteiger partial charge in [-0.2, -0.15) is 0 Å². The van der Waals surface area contributed by atoms with E-state index in [-0.39, 0.29) is 25.6 Å². The van der Waals surface area contributed by atoms with E-state index in [9.17, 15) is 9.59 Å². The van der Waals surface area contributed by atoms with E-state index >= 15 is 0 Å². The number of esters is 1. The van der Waals surface area contributed by atoms with E-state index in [2.05, 4.69) is 41.5 Å². The van der Waals surface area contributed by atoms with E-state index in [0.29, 0.717) is 23.9 Å². The van der Waals surface area contributed by atoms with Gasteiger partial charge in [-0.15, -0.1) is 21.5 Å². The Bertz CT molecular complexity index is 1780. The van der Waals surface area contributed by atoms with Crippen molar-refractivity contribution < 1.29 is 14.3 Å². The first-order valence-electron chi connectivity index (χ1n) is 13.1. The van der Waals surface area contributed by atoms with Crippen molar-refractivity contribution in [3.8, 4) is 5.00 Å². The molecule has 3 aromatic heterocycles. The van der Waals surface area contributed by atoms with Crippen molar-refractivity contribution in [3.05, 3.63) is 99.6 Å². The van der Waals surface area contributed by atoms with Crippen LogP contribution in [0, 0.1) is 13.8 Å². The smallest absolute Gasteiger partial charge is 0.325 e. The summed E-state index contributed by atoms with van der Waals surface area (Å²) in [6, 6.07) is 19.5. The fraction of sp³-hybridized carbons (Fsp3) is 0.233. The number of hydrogen-bond donors (Lipinski definition) is 1. The van der Waals surface area contributed by atoms with Crippen LogP contribution in [0.15, 0.2) is 65.7 Å². The SMILES string of the molecule is CCOC(=O)Cn1c(C(=O)NCc2nnc3n2-c2sc(C)c(C)c2C(c2ccccc2)=NC3)cc2ccccc21. The third-order valence-corrected chi connectivity index (χ3v) is 8.26. The summed E-state index contributed by atoms with van der Waals surface area (Å²) in [7, 11) is 0. The van der Waals surface area contributed by atoms with Gasteiger partial charge >= 0.3 is 5.97 Å². The van der Waals surface area contributed by atoms with Crippen LogP contribution < -0.4 is 5.32 Å². The largest absolute Gasteiger partial charge is 0.465 e. The number of rotatable bonds is 7. The van der Waals surface area contributed by atoms with Gasteiger partial charge in [-0.3, -0.25) is 19.1 Å². The van der Waals surface area contributed by atoms with Crippen molar-refractivity contribution in [2.75, 3.05) is 6.61 Å². The van der Waals surface area contributed by atoms with Gasteiger partial charge in [0.05, 0.1) is 18.9 Å². The summed E-state index contributed by atoms with van der Waals surface area (Å²) in [5.41, 5.74) is 5.38. The number of thiophene rings is 1. The highest BCUT2D eigenvalue weighted by Gasteiger charge is 2.28. The van der Waals surface area contributed by atoms with Crippen LogP contribution in [0.4, 0.5) is 0 Å². The van der Waals surface area contributed by atoms with Crippen molar-refractivity contribution >= 4 is 39.8 Å². The van der Waals surface area contributed by atoms with E-state index in [1.165, 1.54) is 10.4 Å². The zero-order valence-corrected chi connectivity index (χ0v) is 23.3. The van der Waals surface area contributed by atoms with Gasteiger partial charge in [-0.1, -0.05) is 48.5 Å². The van der Waals surface area contributed by atoms with Crippen molar-refractivity contribution in [2.45, 2.75) is 40.4 Å². The van der Waals surface area contributed by atoms with Gasteiger partial charge in [0.25, 0.3) is 5.91 Å². The Kier molecular flexibility index (Phi) is 6.77. The number of para-hydroxylation sites is 1. The summed E-state index contributed by atoms with van der Waals surface area (Å²) in [6.45, 7) is 6.73. The zero-order valence-electron chi connectivity index (χ0n) is 22.5. The predicted molar refractivity (Wildman–Crippen MR) is 154 cm³/mol. The summed E-state index contributed by atoms with van der Waals surface area (Å²) >= 11 is 1.67. The molecule has 0 aliphatic carbocycles. The summed E-state index contributed by atoms with van der Waals surface area (Å²) < 4.78 is 8.87. The molecule has 0 saturated heterocycles. The molecule has 1 N–H and O–H groups in total. The van der Waals surface area contributed by atoms with Gasteiger partial charge in [0, 0.05) is 26.9 Å². The molecule has 0 bridgehead atoms. The lowest BCUT2D eigenvalue weighted by atomic mass is 10.00. The summed E-state index contributed by atoms with van der Waals surface area (Å²) in [5.74, 6) is 0.620. The van der Waals surface area contributed by atoms with Crippen LogP contribution >= 0.6 is 11.3 Å². The fourth-order valence-corrected chi connectivity index (χ4v) is 6.26. The first kappa shape index (κ1) is 25.7. The molecule has 40 heavy (non-hydrogen) atoms. The summed E-state index contributed by atoms with van der Waals surface area (Å²) in [4.78, 5) is 32.0. The van der Waals surface area contributed by atoms with E-state index in [0.717, 1.165) is 32.7 Å². The van der Waals surface area contributed by atoms with Gasteiger partial charge in [0.15, 0.2) is 11.6 Å². The lowest BCUT2D eigenvalue weighted by Gasteiger charge is -2.12. The van der Waals surface area contributed by atoms with E-state index < -0.39 is 5.97 Å². The Morgan fingerprint density at radius 1 is 1.05 bits per heavy atom. The van der Waals surface area contributed by atoms with Crippen molar-refractivity contribution in [2.24, 2.45) is 4.99 Å². The van der Waals surface area contributed by atoms with Crippen LogP contribution in [0.1, 0.15) is 50.6 Å². The van der Waals surface area contributed by atoms with Crippen LogP contribution in [0.2, 0.25) is 0 Å². The molecule has 4 heterocycles. The second kappa shape index (κ2) is 10.5. The number of benzene rings is 2. The number of nitrogens with zero attached hydrogens (tertiary/aromatic N) is 5. The number of aliphatic imine (C=N–C) groups is 1. The third kappa shape index (κ3) is 4.50. The Balaban J connectivity index is 1.33. The molecule has 0 unspecified atom stereocenters. The van der Waals surface area contributed by atoms with Gasteiger partial charge in [-0.25, -0.2) is 0 Å². The number of amides is 1. The van der Waals surface area contributed by atoms with Gasteiger partial charge in [-0.05, 0) is 38.5 Å². The number of nitrogens with one attached hydrogen (secondary N) is 1. The molecule has 202 valence electrons. The highest BCUT2D eigenvalue weighted by atomic mass is 32.1. The topological polar surface area (TPSA) is 103 Å². The molecule has 0 saturated carbocycles. The van der Waals surface area contributed by atoms with E-state index in [1.54, 1.807) is 28.9 Å². The number of hydrogen-bond acceptors (Lipinski definition) is 7. The third-order valence-electron chi connectivity index (χ3n) is 7.07. The lowest BCUT2D eigenvalue weighted by Crippen LogP contribution is -2.28. The number of carbonyl (C=O) groups is 2. The van der Waals surface area contributed by atoms with Gasteiger partial charge in [0.2, 0.25) is 0 Å². The average Bonchev–Trinajstić information content (AvgIpc) is 3.59. The number of fused-ring (bicyclic) bond motifs is 4. The summed E-state index contributed by atoms with van der Waals surface area (Å²) in [6.07, 6.45) is 0. The van der Waals surface area contributed by atoms with Crippen LogP contribution in [0.5, 0.6) is 0 Å². The Hall–Kier alpha value is -4.57. The zero-order chi connectivity index (χ0) is 27.8. The second-order valence-electron chi connectivity index (χ2n) is 9.52. The second-order valence-corrected chi connectivity index (χ2v) is 10.7. The van der Waals surface area contributed by atoms with Crippen LogP contribution in [-0.2, 0) is 29.2 Å². The normalized spacial score (nSPS) is 12.4. The molecule has 2 aromatic carbocycles. The Labute approximate surface area is 235 Å². The number of aryl methyl sites for hydroxylation is 1. The minimum absolute atomic E-state index is 0.0544. The number of carbonyl (C=O) groups excluding carboxylic acids is 2. The molecule has 1 aliphatic heterocycles. The molecule has 0 radical (unpaired) electrons. The molecule has 6 rings (SSSR count). The first-order chi connectivity index (χ1) is 19.5. The van der Waals surface area contributed by atoms with Crippen molar-refractivity contribution in [3.63, 3.8) is 0 Å². The first-order valence-corrected chi connectivity index (χ1v) is 13.9. The van der Waals surface area contributed by atoms with Crippen LogP contribution in [0.25, 0.3) is 15.9 Å². The fourth-order valence-electron chi connectivity index (χ4n) is 5.07. The van der Waals surface area contributed by atoms with Crippen molar-refractivity contribution in [1.29, 1.82) is 0 Å². The lowest BCUT2D eigenvalue weighted by molar-refractivity contribution is -0.143. The minimum Gasteiger partial charge on any atom is -0.465 e. The maximum absolute atomic E-state index is 13.5. The molecule has 0 fully saturated rings. The minimum atomic E-state index is -0.397. The Morgan fingerprint density at radius 3 is 2.62 bits per heavy atom. The number of aromatic nitrogens is 4. The highest BCUT2D eigenvalue weighted by molar-refractivity contribution is 7.15. The molecular formula is C30H28N6O3S. The van der Waals surface area contributed by atoms with E-state index in [4.69, 9.17) is 9.73 Å². The maximum Gasteiger partial charge on any atom is 0.325 e. The molecule has 9 nitrogen and oxygen atoms in total. The van der Waals surface area contributed by atoms with Gasteiger partial charge < -0.3 is 14.6 Å². The van der Waals surface area contributed by atoms with Crippen LogP contribution in [0.3, 0.4) is 0 Å². The van der Waals surface area contributed by atoms with Crippen LogP contribution in [-0.4, -0.2) is 43.5 Å². The molecular weight excluding hydrogens is 524 g/mol. The summed E-state index contributed by atoms with van der Waals surface area (Å²) in [5, 5.41) is 13.7. The molecule has 5 aromatic rings. The highest BCUT2D eigenvalue weighted by Crippen LogP contribution is 2.36. The quantitative estimate of drug-likeness (QED) is 0.294. The van der Waals surface area contributed by atoms with Crippen molar-refractivity contribution in [1.82, 2.24) is 24.6 Å². The average molecular weight is 553 g/mol. The monoisotopic (exact) mass is 552 g/mol. The maximum atomic E-state index is 13.5. The Morgan fingerprint density at radius 2 is 1.82 bits per heavy atom. The molecule has 10 heteroatoms. The van der Waals surface area contributed by atoms with E-state index in [1.807, 2.05) is 47.0 Å². The van der Waals surface area contributed by atoms with Gasteiger partial charge in [0.1, 0.15) is 23.8 Å². The molecule has 1 amide bonds. The predicted octanol–water partition coefficient (Wildman–Crippen LogP) is 4.74. The number of ether oxygens (including phenoxy) is 1. The molecule has 0 atom stereocenters. The standard InChI is InChI=1S/C30H28N6O3S/c1-4-39-26(37)17-35-22-13-9-8-12-21(22)14-23(35)29(38)32-16-25-34-33-24-15-31-28(20-10-6-5-7-11-20)27-18(2)19(3)40-30(27)36(24)25/h5-14H,4,15-17H2,1-3H3,(H,32,38). The molecule has 0 spiro atoms.